The second-order valence-corrected chi connectivity index (χ2v) is 7.62. The van der Waals surface area contributed by atoms with Gasteiger partial charge >= 0.3 is 0 Å². The number of sulfonamides is 1. The Morgan fingerprint density at radius 2 is 1.89 bits per heavy atom. The Morgan fingerprint density at radius 1 is 1.22 bits per heavy atom. The summed E-state index contributed by atoms with van der Waals surface area (Å²) in [5, 5.41) is 5.14. The lowest BCUT2D eigenvalue weighted by atomic mass is 10.1. The third-order valence-corrected chi connectivity index (χ3v) is 4.42. The molecular weight excluding hydrogens is 396 g/mol. The van der Waals surface area contributed by atoms with Crippen molar-refractivity contribution in [3.05, 3.63) is 29.8 Å². The van der Waals surface area contributed by atoms with Crippen LogP contribution >= 0.6 is 12.4 Å². The van der Waals surface area contributed by atoms with E-state index in [-0.39, 0.29) is 48.0 Å². The highest BCUT2D eigenvalue weighted by molar-refractivity contribution is 7.89. The summed E-state index contributed by atoms with van der Waals surface area (Å²) in [6.07, 6.45) is -0.0737. The zero-order valence-corrected chi connectivity index (χ0v) is 17.0. The average molecular weight is 423 g/mol. The van der Waals surface area contributed by atoms with Crippen LogP contribution in [0.5, 0.6) is 0 Å². The van der Waals surface area contributed by atoms with Gasteiger partial charge in [0.2, 0.25) is 15.9 Å². The summed E-state index contributed by atoms with van der Waals surface area (Å²) < 4.78 is 31.0. The summed E-state index contributed by atoms with van der Waals surface area (Å²) in [5.41, 5.74) is 5.90. The number of nitrogens with one attached hydrogen (secondary N) is 3. The van der Waals surface area contributed by atoms with Gasteiger partial charge in [0.05, 0.1) is 36.3 Å². The van der Waals surface area contributed by atoms with Gasteiger partial charge in [0, 0.05) is 13.1 Å². The lowest BCUT2D eigenvalue weighted by Crippen LogP contribution is -2.36. The number of hydrogen-bond acceptors (Lipinski definition) is 6. The standard InChI is InChI=1S/C16H26N4O5S.ClH/c1-12(2)25-9-10-26(23,24)19-11-15(21)20-14-6-4-3-5-13(14)16(22)18-8-7-17;/h3-6,12,19H,7-11,17H2,1-2H3,(H,18,22)(H,20,21);1H. The van der Waals surface area contributed by atoms with Gasteiger partial charge in [0.1, 0.15) is 0 Å². The van der Waals surface area contributed by atoms with E-state index in [4.69, 9.17) is 10.5 Å². The van der Waals surface area contributed by atoms with Crippen LogP contribution in [0.25, 0.3) is 0 Å². The molecule has 9 nitrogen and oxygen atoms in total. The number of rotatable bonds is 11. The summed E-state index contributed by atoms with van der Waals surface area (Å²) in [5.74, 6) is -1.20. The van der Waals surface area contributed by atoms with E-state index in [1.165, 1.54) is 0 Å². The molecule has 0 unspecified atom stereocenters. The van der Waals surface area contributed by atoms with E-state index >= 15 is 0 Å². The number of ether oxygens (including phenoxy) is 1. The van der Waals surface area contributed by atoms with Gasteiger partial charge in [-0.2, -0.15) is 0 Å². The van der Waals surface area contributed by atoms with Crippen LogP contribution in [0, 0.1) is 0 Å². The molecule has 0 saturated carbocycles. The predicted octanol–water partition coefficient (Wildman–Crippen LogP) is 0.0798. The van der Waals surface area contributed by atoms with Gasteiger partial charge in [-0.3, -0.25) is 9.59 Å². The number of carbonyl (C=O) groups excluding carboxylic acids is 2. The van der Waals surface area contributed by atoms with Gasteiger partial charge in [0.25, 0.3) is 5.91 Å². The fraction of sp³-hybridized carbons (Fsp3) is 0.500. The van der Waals surface area contributed by atoms with E-state index in [0.29, 0.717) is 13.1 Å². The molecule has 5 N–H and O–H groups in total. The van der Waals surface area contributed by atoms with Crippen LogP contribution in [0.15, 0.2) is 24.3 Å². The van der Waals surface area contributed by atoms with Crippen molar-refractivity contribution in [2.75, 3.05) is 37.3 Å². The maximum absolute atomic E-state index is 12.1. The molecule has 1 aromatic carbocycles. The predicted molar refractivity (Wildman–Crippen MR) is 107 cm³/mol. The van der Waals surface area contributed by atoms with E-state index in [1.54, 1.807) is 38.1 Å². The second kappa shape index (κ2) is 12.6. The number of halogens is 1. The summed E-state index contributed by atoms with van der Waals surface area (Å²) in [6.45, 7) is 3.80. The van der Waals surface area contributed by atoms with Crippen molar-refractivity contribution in [2.24, 2.45) is 5.73 Å². The molecule has 2 amide bonds. The van der Waals surface area contributed by atoms with Gasteiger partial charge in [-0.1, -0.05) is 12.1 Å². The lowest BCUT2D eigenvalue weighted by molar-refractivity contribution is -0.115. The Hall–Kier alpha value is -1.72. The van der Waals surface area contributed by atoms with Crippen LogP contribution in [0.2, 0.25) is 0 Å². The van der Waals surface area contributed by atoms with Crippen molar-refractivity contribution in [1.29, 1.82) is 0 Å². The number of amides is 2. The van der Waals surface area contributed by atoms with Crippen molar-refractivity contribution in [3.8, 4) is 0 Å². The Morgan fingerprint density at radius 3 is 2.52 bits per heavy atom. The highest BCUT2D eigenvalue weighted by Gasteiger charge is 2.15. The highest BCUT2D eigenvalue weighted by Crippen LogP contribution is 2.14. The molecule has 0 aliphatic carbocycles. The molecule has 0 radical (unpaired) electrons. The number of para-hydroxylation sites is 1. The monoisotopic (exact) mass is 422 g/mol. The quantitative estimate of drug-likeness (QED) is 0.398. The van der Waals surface area contributed by atoms with Crippen LogP contribution in [-0.4, -0.2) is 58.3 Å². The van der Waals surface area contributed by atoms with Crippen LogP contribution in [0.3, 0.4) is 0 Å². The molecule has 0 saturated heterocycles. The first-order valence-electron chi connectivity index (χ1n) is 8.21. The number of hydrogen-bond donors (Lipinski definition) is 4. The van der Waals surface area contributed by atoms with Gasteiger partial charge < -0.3 is 21.1 Å². The molecule has 0 fully saturated rings. The fourth-order valence-corrected chi connectivity index (χ4v) is 2.72. The largest absolute Gasteiger partial charge is 0.378 e. The molecule has 0 aromatic heterocycles. The Bertz CT molecular complexity index is 713. The molecule has 0 aliphatic rings. The summed E-state index contributed by atoms with van der Waals surface area (Å²) >= 11 is 0. The molecule has 0 aliphatic heterocycles. The SMILES string of the molecule is CC(C)OCCS(=O)(=O)NCC(=O)Nc1ccccc1C(=O)NCCN.Cl. The molecule has 0 spiro atoms. The summed E-state index contributed by atoms with van der Waals surface area (Å²) in [7, 11) is -3.63. The molecule has 154 valence electrons. The highest BCUT2D eigenvalue weighted by atomic mass is 35.5. The van der Waals surface area contributed by atoms with E-state index in [2.05, 4.69) is 15.4 Å². The molecule has 0 heterocycles. The first-order valence-corrected chi connectivity index (χ1v) is 9.86. The Balaban J connectivity index is 0.00000676. The lowest BCUT2D eigenvalue weighted by Gasteiger charge is -2.12. The third kappa shape index (κ3) is 10.3. The number of nitrogens with two attached hydrogens (primary N) is 1. The summed E-state index contributed by atoms with van der Waals surface area (Å²) in [6, 6.07) is 6.42. The van der Waals surface area contributed by atoms with Crippen molar-refractivity contribution < 1.29 is 22.7 Å². The molecule has 0 bridgehead atoms. The zero-order valence-electron chi connectivity index (χ0n) is 15.4. The molecule has 27 heavy (non-hydrogen) atoms. The summed E-state index contributed by atoms with van der Waals surface area (Å²) in [4.78, 5) is 24.1. The van der Waals surface area contributed by atoms with Gasteiger partial charge in [0.15, 0.2) is 0 Å². The minimum atomic E-state index is -3.63. The maximum Gasteiger partial charge on any atom is 0.253 e. The molecule has 1 rings (SSSR count). The first kappa shape index (κ1) is 25.3. The average Bonchev–Trinajstić information content (AvgIpc) is 2.58. The van der Waals surface area contributed by atoms with Crippen LogP contribution < -0.4 is 21.1 Å². The van der Waals surface area contributed by atoms with Crippen LogP contribution in [0.4, 0.5) is 5.69 Å². The molecule has 1 aromatic rings. The van der Waals surface area contributed by atoms with Crippen LogP contribution in [-0.2, 0) is 19.6 Å². The van der Waals surface area contributed by atoms with Gasteiger partial charge in [-0.25, -0.2) is 13.1 Å². The fourth-order valence-electron chi connectivity index (χ4n) is 1.91. The van der Waals surface area contributed by atoms with Crippen molar-refractivity contribution in [3.63, 3.8) is 0 Å². The van der Waals surface area contributed by atoms with E-state index in [1.807, 2.05) is 0 Å². The first-order chi connectivity index (χ1) is 12.2. The minimum Gasteiger partial charge on any atom is -0.378 e. The van der Waals surface area contributed by atoms with Crippen molar-refractivity contribution >= 4 is 39.9 Å². The molecule has 0 atom stereocenters. The Labute approximate surface area is 165 Å². The topological polar surface area (TPSA) is 140 Å². The zero-order chi connectivity index (χ0) is 19.6. The van der Waals surface area contributed by atoms with E-state index in [0.717, 1.165) is 0 Å². The van der Waals surface area contributed by atoms with Gasteiger partial charge in [-0.05, 0) is 26.0 Å². The second-order valence-electron chi connectivity index (χ2n) is 5.70. The minimum absolute atomic E-state index is 0. The van der Waals surface area contributed by atoms with Crippen molar-refractivity contribution in [1.82, 2.24) is 10.0 Å². The molecule has 11 heteroatoms. The normalized spacial score (nSPS) is 11.0. The number of benzene rings is 1. The number of carbonyl (C=O) groups is 2. The molecular formula is C16H27ClN4O5S. The van der Waals surface area contributed by atoms with Crippen LogP contribution in [0.1, 0.15) is 24.2 Å². The van der Waals surface area contributed by atoms with Gasteiger partial charge in [-0.15, -0.1) is 12.4 Å². The smallest absolute Gasteiger partial charge is 0.253 e. The van der Waals surface area contributed by atoms with Crippen molar-refractivity contribution in [2.45, 2.75) is 20.0 Å². The van der Waals surface area contributed by atoms with E-state index in [9.17, 15) is 18.0 Å². The Kier molecular flexibility index (Phi) is 11.8. The number of anilines is 1. The maximum atomic E-state index is 12.1. The third-order valence-electron chi connectivity index (χ3n) is 3.13. The van der Waals surface area contributed by atoms with E-state index < -0.39 is 22.5 Å².